The lowest BCUT2D eigenvalue weighted by Crippen LogP contribution is -2.57. The lowest BCUT2D eigenvalue weighted by molar-refractivity contribution is -0.146. The molecule has 12 heteroatoms. The Morgan fingerprint density at radius 1 is 1.13 bits per heavy atom. The summed E-state index contributed by atoms with van der Waals surface area (Å²) in [5.41, 5.74) is 6.87. The monoisotopic (exact) mass is 623 g/mol. The SMILES string of the molecule is CC(C)[C@@H](N)C(=O)N[C@H]1CCCCC/C=C\[C@H]2C[C@@]2(C(=O)O)NC(=O)[C@@H]2C[C@@H](OC(=O)N3CCc4ccccc4C3)CN2C1=O. The molecule has 5 N–H and O–H groups in total. The Kier molecular flexibility index (Phi) is 9.81. The van der Waals surface area contributed by atoms with Crippen LogP contribution in [0.25, 0.3) is 0 Å². The molecule has 1 aromatic rings. The molecule has 0 unspecified atom stereocenters. The number of rotatable bonds is 5. The van der Waals surface area contributed by atoms with E-state index < -0.39 is 59.6 Å². The number of carboxylic acids is 1. The number of allylic oxidation sites excluding steroid dienone is 1. The number of carboxylic acid groups (broad SMARTS) is 1. The molecule has 5 rings (SSSR count). The minimum absolute atomic E-state index is 0.0100. The van der Waals surface area contributed by atoms with Crippen molar-refractivity contribution < 1.29 is 33.8 Å². The van der Waals surface area contributed by atoms with Gasteiger partial charge in [-0.15, -0.1) is 0 Å². The van der Waals surface area contributed by atoms with E-state index in [1.54, 1.807) is 4.90 Å². The zero-order valence-electron chi connectivity index (χ0n) is 26.1. The molecule has 6 atom stereocenters. The Hall–Kier alpha value is -3.93. The van der Waals surface area contributed by atoms with E-state index in [0.717, 1.165) is 24.8 Å². The summed E-state index contributed by atoms with van der Waals surface area (Å²) in [6.45, 7) is 4.46. The second-order valence-electron chi connectivity index (χ2n) is 13.2. The highest BCUT2D eigenvalue weighted by Crippen LogP contribution is 2.45. The second-order valence-corrected chi connectivity index (χ2v) is 13.2. The van der Waals surface area contributed by atoms with E-state index in [0.29, 0.717) is 32.4 Å². The second kappa shape index (κ2) is 13.6. The number of hydrogen-bond donors (Lipinski definition) is 4. The number of carbonyl (C=O) groups is 5. The van der Waals surface area contributed by atoms with Crippen LogP contribution in [0.3, 0.4) is 0 Å². The fourth-order valence-electron chi connectivity index (χ4n) is 6.59. The average molecular weight is 624 g/mol. The lowest BCUT2D eigenvalue weighted by Gasteiger charge is -2.30. The fourth-order valence-corrected chi connectivity index (χ4v) is 6.59. The summed E-state index contributed by atoms with van der Waals surface area (Å²) in [6.07, 6.45) is 6.81. The van der Waals surface area contributed by atoms with Crippen LogP contribution in [0.1, 0.15) is 69.9 Å². The van der Waals surface area contributed by atoms with Crippen LogP contribution in [0.4, 0.5) is 4.79 Å². The largest absolute Gasteiger partial charge is 0.479 e. The average Bonchev–Trinajstić information content (AvgIpc) is 3.56. The molecule has 45 heavy (non-hydrogen) atoms. The molecular weight excluding hydrogens is 578 g/mol. The van der Waals surface area contributed by atoms with Gasteiger partial charge in [-0.1, -0.05) is 63.1 Å². The highest BCUT2D eigenvalue weighted by Gasteiger charge is 2.61. The standard InChI is InChI=1S/C33H45N5O7/c1-20(2)27(34)29(40)35-25-13-7-5-3-4-6-12-23-17-33(23,31(42)43)36-28(39)26-16-24(19-38(26)30(25)41)45-32(44)37-15-14-21-10-8-9-11-22(21)18-37/h6,8-12,20,23-27H,3-5,7,13-19,34H2,1-2H3,(H,35,40)(H,36,39)(H,42,43)/b12-6-/t23-,24+,25-,26-,27+,33+/m0/s1. The van der Waals surface area contributed by atoms with Crippen molar-refractivity contribution in [1.29, 1.82) is 0 Å². The third-order valence-corrected chi connectivity index (χ3v) is 9.61. The van der Waals surface area contributed by atoms with Gasteiger partial charge in [0.2, 0.25) is 17.7 Å². The quantitative estimate of drug-likeness (QED) is 0.361. The fraction of sp³-hybridized carbons (Fsp3) is 0.606. The van der Waals surface area contributed by atoms with Crippen LogP contribution in [-0.4, -0.2) is 87.5 Å². The molecule has 4 aliphatic rings. The van der Waals surface area contributed by atoms with Crippen LogP contribution in [0.15, 0.2) is 36.4 Å². The molecule has 0 bridgehead atoms. The lowest BCUT2D eigenvalue weighted by atomic mass is 10.0. The third kappa shape index (κ3) is 7.16. The first-order chi connectivity index (χ1) is 21.5. The minimum atomic E-state index is -1.45. The molecule has 4 amide bonds. The summed E-state index contributed by atoms with van der Waals surface area (Å²) in [7, 11) is 0. The Morgan fingerprint density at radius 3 is 2.62 bits per heavy atom. The molecule has 0 spiro atoms. The predicted octanol–water partition coefficient (Wildman–Crippen LogP) is 2.10. The van der Waals surface area contributed by atoms with Crippen molar-refractivity contribution in [2.75, 3.05) is 13.1 Å². The van der Waals surface area contributed by atoms with Crippen molar-refractivity contribution in [3.05, 3.63) is 47.5 Å². The highest BCUT2D eigenvalue weighted by molar-refractivity contribution is 5.96. The summed E-state index contributed by atoms with van der Waals surface area (Å²) in [6, 6.07) is 5.07. The summed E-state index contributed by atoms with van der Waals surface area (Å²) in [4.78, 5) is 69.4. The first-order valence-electron chi connectivity index (χ1n) is 16.1. The Morgan fingerprint density at radius 2 is 1.89 bits per heavy atom. The van der Waals surface area contributed by atoms with Crippen LogP contribution in [-0.2, 0) is 36.9 Å². The number of amides is 4. The Bertz CT molecular complexity index is 1350. The molecule has 0 aromatic heterocycles. The topological polar surface area (TPSA) is 171 Å². The van der Waals surface area contributed by atoms with Gasteiger partial charge in [0.25, 0.3) is 0 Å². The van der Waals surface area contributed by atoms with E-state index in [2.05, 4.69) is 10.6 Å². The number of nitrogens with two attached hydrogens (primary N) is 1. The van der Waals surface area contributed by atoms with E-state index in [4.69, 9.17) is 10.5 Å². The minimum Gasteiger partial charge on any atom is -0.479 e. The Labute approximate surface area is 263 Å². The number of nitrogens with one attached hydrogen (secondary N) is 2. The van der Waals surface area contributed by atoms with Crippen molar-refractivity contribution >= 4 is 29.8 Å². The summed E-state index contributed by atoms with van der Waals surface area (Å²) < 4.78 is 5.88. The van der Waals surface area contributed by atoms with E-state index in [-0.39, 0.29) is 31.2 Å². The smallest absolute Gasteiger partial charge is 0.410 e. The number of nitrogens with zero attached hydrogens (tertiary/aromatic N) is 2. The van der Waals surface area contributed by atoms with Gasteiger partial charge in [0.05, 0.1) is 12.6 Å². The normalized spacial score (nSPS) is 30.0. The van der Waals surface area contributed by atoms with Gasteiger partial charge in [0.15, 0.2) is 0 Å². The molecule has 1 saturated carbocycles. The summed E-state index contributed by atoms with van der Waals surface area (Å²) in [5, 5.41) is 15.6. The molecular formula is C33H45N5O7. The Balaban J connectivity index is 1.37. The molecule has 1 aliphatic carbocycles. The summed E-state index contributed by atoms with van der Waals surface area (Å²) >= 11 is 0. The number of hydrogen-bond acceptors (Lipinski definition) is 7. The number of benzene rings is 1. The zero-order chi connectivity index (χ0) is 32.3. The van der Waals surface area contributed by atoms with Crippen molar-refractivity contribution in [3.63, 3.8) is 0 Å². The predicted molar refractivity (Wildman–Crippen MR) is 165 cm³/mol. The molecule has 1 saturated heterocycles. The zero-order valence-corrected chi connectivity index (χ0v) is 26.1. The van der Waals surface area contributed by atoms with Gasteiger partial charge in [0, 0.05) is 25.4 Å². The molecule has 12 nitrogen and oxygen atoms in total. The van der Waals surface area contributed by atoms with E-state index >= 15 is 0 Å². The van der Waals surface area contributed by atoms with Crippen LogP contribution in [0.2, 0.25) is 0 Å². The number of fused-ring (bicyclic) bond motifs is 3. The van der Waals surface area contributed by atoms with Crippen molar-refractivity contribution in [3.8, 4) is 0 Å². The van der Waals surface area contributed by atoms with Crippen molar-refractivity contribution in [2.45, 2.75) is 102 Å². The van der Waals surface area contributed by atoms with E-state index in [9.17, 15) is 29.1 Å². The molecule has 3 heterocycles. The maximum atomic E-state index is 14.1. The van der Waals surface area contributed by atoms with Gasteiger partial charge in [-0.3, -0.25) is 14.4 Å². The van der Waals surface area contributed by atoms with Gasteiger partial charge >= 0.3 is 12.1 Å². The van der Waals surface area contributed by atoms with Crippen LogP contribution in [0, 0.1) is 11.8 Å². The number of ether oxygens (including phenoxy) is 1. The van der Waals surface area contributed by atoms with Crippen molar-refractivity contribution in [2.24, 2.45) is 17.6 Å². The van der Waals surface area contributed by atoms with Gasteiger partial charge in [-0.05, 0) is 49.1 Å². The van der Waals surface area contributed by atoms with Gasteiger partial charge < -0.3 is 36.0 Å². The van der Waals surface area contributed by atoms with E-state index in [1.165, 1.54) is 10.5 Å². The number of aliphatic carboxylic acids is 1. The molecule has 244 valence electrons. The van der Waals surface area contributed by atoms with Gasteiger partial charge in [0.1, 0.15) is 23.7 Å². The van der Waals surface area contributed by atoms with E-state index in [1.807, 2.05) is 50.3 Å². The third-order valence-electron chi connectivity index (χ3n) is 9.61. The summed E-state index contributed by atoms with van der Waals surface area (Å²) in [5.74, 6) is -3.19. The maximum Gasteiger partial charge on any atom is 0.410 e. The highest BCUT2D eigenvalue weighted by atomic mass is 16.6. The van der Waals surface area contributed by atoms with Gasteiger partial charge in [-0.25, -0.2) is 9.59 Å². The van der Waals surface area contributed by atoms with Crippen LogP contribution < -0.4 is 16.4 Å². The first-order valence-corrected chi connectivity index (χ1v) is 16.1. The molecule has 2 fully saturated rings. The van der Waals surface area contributed by atoms with Gasteiger partial charge in [-0.2, -0.15) is 0 Å². The van der Waals surface area contributed by atoms with Crippen molar-refractivity contribution in [1.82, 2.24) is 20.4 Å². The first kappa shape index (κ1) is 32.5. The molecule has 1 aromatic carbocycles. The maximum absolute atomic E-state index is 14.1. The number of carbonyl (C=O) groups excluding carboxylic acids is 4. The van der Waals surface area contributed by atoms with Crippen LogP contribution in [0.5, 0.6) is 0 Å². The van der Waals surface area contributed by atoms with Crippen LogP contribution >= 0.6 is 0 Å². The molecule has 3 aliphatic heterocycles. The molecule has 0 radical (unpaired) electrons.